The molecule has 2 atom stereocenters. The molecule has 0 radical (unpaired) electrons. The van der Waals surface area contributed by atoms with E-state index in [0.717, 1.165) is 5.56 Å². The summed E-state index contributed by atoms with van der Waals surface area (Å²) in [7, 11) is 0. The third-order valence-electron chi connectivity index (χ3n) is 3.97. The van der Waals surface area contributed by atoms with E-state index >= 15 is 0 Å². The predicted molar refractivity (Wildman–Crippen MR) is 91.2 cm³/mol. The molecule has 1 N–H and O–H groups in total. The van der Waals surface area contributed by atoms with E-state index in [-0.39, 0.29) is 17.0 Å². The van der Waals surface area contributed by atoms with Crippen molar-refractivity contribution >= 4 is 40.7 Å². The Labute approximate surface area is 148 Å². The lowest BCUT2D eigenvalue weighted by Crippen LogP contribution is -2.47. The Bertz CT molecular complexity index is 802. The van der Waals surface area contributed by atoms with Crippen molar-refractivity contribution in [1.82, 2.24) is 5.32 Å². The van der Waals surface area contributed by atoms with Gasteiger partial charge < -0.3 is 5.32 Å². The highest BCUT2D eigenvalue weighted by Crippen LogP contribution is 2.28. The first-order valence-corrected chi connectivity index (χ1v) is 8.10. The van der Waals surface area contributed by atoms with Crippen molar-refractivity contribution in [3.8, 4) is 0 Å². The van der Waals surface area contributed by atoms with Gasteiger partial charge in [-0.25, -0.2) is 0 Å². The summed E-state index contributed by atoms with van der Waals surface area (Å²) >= 11 is 11.7. The zero-order chi connectivity index (χ0) is 17.3. The second-order valence-corrected chi connectivity index (χ2v) is 6.38. The van der Waals surface area contributed by atoms with Gasteiger partial charge in [0, 0.05) is 12.0 Å². The van der Waals surface area contributed by atoms with Gasteiger partial charge in [0.2, 0.25) is 5.91 Å². The maximum Gasteiger partial charge on any atom is 0.239 e. The summed E-state index contributed by atoms with van der Waals surface area (Å²) in [6.45, 7) is 0. The number of ketones is 2. The second kappa shape index (κ2) is 6.75. The molecule has 0 spiro atoms. The lowest BCUT2D eigenvalue weighted by molar-refractivity contribution is -0.136. The molecule has 122 valence electrons. The topological polar surface area (TPSA) is 63.2 Å². The van der Waals surface area contributed by atoms with Crippen molar-refractivity contribution in [3.05, 3.63) is 69.7 Å². The summed E-state index contributed by atoms with van der Waals surface area (Å²) in [5, 5.41) is 3.25. The molecular weight excluding hydrogens is 349 g/mol. The molecule has 2 aromatic rings. The van der Waals surface area contributed by atoms with Crippen LogP contribution in [0.25, 0.3) is 0 Å². The molecule has 1 aliphatic rings. The molecule has 1 amide bonds. The van der Waals surface area contributed by atoms with Gasteiger partial charge in [0.15, 0.2) is 17.5 Å². The summed E-state index contributed by atoms with van der Waals surface area (Å²) in [6.07, 6.45) is 0.0769. The minimum Gasteiger partial charge on any atom is -0.348 e. The number of rotatable bonds is 3. The first kappa shape index (κ1) is 16.7. The van der Waals surface area contributed by atoms with Crippen molar-refractivity contribution < 1.29 is 14.4 Å². The van der Waals surface area contributed by atoms with Gasteiger partial charge in [0.1, 0.15) is 0 Å². The average Bonchev–Trinajstić information content (AvgIpc) is 2.57. The van der Waals surface area contributed by atoms with E-state index in [4.69, 9.17) is 23.2 Å². The van der Waals surface area contributed by atoms with Gasteiger partial charge in [0.05, 0.1) is 16.1 Å². The molecule has 1 heterocycles. The number of Topliss-reactive ketones (excluding diaryl/α,β-unsaturated/α-hetero) is 2. The summed E-state index contributed by atoms with van der Waals surface area (Å²) in [5.74, 6) is -2.90. The van der Waals surface area contributed by atoms with Gasteiger partial charge in [-0.3, -0.25) is 14.4 Å². The molecule has 6 heteroatoms. The van der Waals surface area contributed by atoms with Crippen LogP contribution in [0.2, 0.25) is 10.0 Å². The molecule has 2 unspecified atom stereocenters. The number of hydrogen-bond donors (Lipinski definition) is 1. The summed E-state index contributed by atoms with van der Waals surface area (Å²) in [5.41, 5.74) is 1.02. The van der Waals surface area contributed by atoms with Gasteiger partial charge in [0.25, 0.3) is 0 Å². The zero-order valence-corrected chi connectivity index (χ0v) is 14.0. The van der Waals surface area contributed by atoms with Gasteiger partial charge >= 0.3 is 0 Å². The van der Waals surface area contributed by atoms with Gasteiger partial charge in [-0.15, -0.1) is 0 Å². The zero-order valence-electron chi connectivity index (χ0n) is 12.5. The number of amides is 1. The number of carbonyl (C=O) groups excluding carboxylic acids is 3. The van der Waals surface area contributed by atoms with Crippen molar-refractivity contribution in [2.75, 3.05) is 0 Å². The third-order valence-corrected chi connectivity index (χ3v) is 4.71. The lowest BCUT2D eigenvalue weighted by atomic mass is 9.84. The summed E-state index contributed by atoms with van der Waals surface area (Å²) in [4.78, 5) is 37.3. The van der Waals surface area contributed by atoms with Crippen LogP contribution in [0.15, 0.2) is 48.5 Å². The molecule has 4 nitrogen and oxygen atoms in total. The Hall–Kier alpha value is -2.17. The van der Waals surface area contributed by atoms with Crippen LogP contribution in [-0.4, -0.2) is 17.5 Å². The van der Waals surface area contributed by atoms with Gasteiger partial charge in [-0.05, 0) is 23.8 Å². The third kappa shape index (κ3) is 3.21. The molecule has 1 saturated heterocycles. The quantitative estimate of drug-likeness (QED) is 0.670. The molecule has 2 aromatic carbocycles. The molecule has 0 saturated carbocycles. The standard InChI is InChI=1S/C18H13Cl2NO3/c19-12-7-6-11(8-13(12)20)17(23)16-15(22)9-14(21-18(16)24)10-4-2-1-3-5-10/h1-8,14,16H,9H2,(H,21,24). The predicted octanol–water partition coefficient (Wildman–Crippen LogP) is 3.62. The monoisotopic (exact) mass is 361 g/mol. The summed E-state index contributed by atoms with van der Waals surface area (Å²) in [6, 6.07) is 13.1. The molecule has 0 bridgehead atoms. The van der Waals surface area contributed by atoms with E-state index in [1.165, 1.54) is 18.2 Å². The van der Waals surface area contributed by atoms with Crippen LogP contribution < -0.4 is 5.32 Å². The molecule has 24 heavy (non-hydrogen) atoms. The van der Waals surface area contributed by atoms with Crippen LogP contribution >= 0.6 is 23.2 Å². The highest BCUT2D eigenvalue weighted by molar-refractivity contribution is 6.42. The molecule has 1 aliphatic heterocycles. The van der Waals surface area contributed by atoms with E-state index in [0.29, 0.717) is 5.02 Å². The number of piperidine rings is 1. The van der Waals surface area contributed by atoms with E-state index in [1.54, 1.807) is 0 Å². The molecule has 1 fully saturated rings. The smallest absolute Gasteiger partial charge is 0.239 e. The molecular formula is C18H13Cl2NO3. The number of hydrogen-bond acceptors (Lipinski definition) is 3. The Morgan fingerprint density at radius 2 is 1.71 bits per heavy atom. The van der Waals surface area contributed by atoms with Crippen LogP contribution in [0.1, 0.15) is 28.4 Å². The SMILES string of the molecule is O=C1CC(c2ccccc2)NC(=O)C1C(=O)c1ccc(Cl)c(Cl)c1. The van der Waals surface area contributed by atoms with E-state index < -0.39 is 29.4 Å². The second-order valence-electron chi connectivity index (χ2n) is 5.57. The van der Waals surface area contributed by atoms with Crippen LogP contribution in [-0.2, 0) is 9.59 Å². The Kier molecular flexibility index (Phi) is 4.69. The largest absolute Gasteiger partial charge is 0.348 e. The van der Waals surface area contributed by atoms with Crippen LogP contribution in [0, 0.1) is 5.92 Å². The fourth-order valence-electron chi connectivity index (χ4n) is 2.74. The lowest BCUT2D eigenvalue weighted by Gasteiger charge is -2.27. The number of halogens is 2. The van der Waals surface area contributed by atoms with E-state index in [2.05, 4.69) is 5.32 Å². The first-order chi connectivity index (χ1) is 11.5. The fourth-order valence-corrected chi connectivity index (χ4v) is 3.04. The fraction of sp³-hybridized carbons (Fsp3) is 0.167. The first-order valence-electron chi connectivity index (χ1n) is 7.34. The molecule has 0 aromatic heterocycles. The minimum atomic E-state index is -1.35. The number of benzene rings is 2. The van der Waals surface area contributed by atoms with E-state index in [9.17, 15) is 14.4 Å². The van der Waals surface area contributed by atoms with Gasteiger partial charge in [-0.1, -0.05) is 53.5 Å². The minimum absolute atomic E-state index is 0.0769. The normalized spacial score (nSPS) is 20.6. The van der Waals surface area contributed by atoms with Crippen molar-refractivity contribution in [2.24, 2.45) is 5.92 Å². The van der Waals surface area contributed by atoms with Crippen molar-refractivity contribution in [2.45, 2.75) is 12.5 Å². The highest BCUT2D eigenvalue weighted by Gasteiger charge is 2.40. The average molecular weight is 362 g/mol. The van der Waals surface area contributed by atoms with Gasteiger partial charge in [-0.2, -0.15) is 0 Å². The van der Waals surface area contributed by atoms with Crippen LogP contribution in [0.4, 0.5) is 0 Å². The molecule has 3 rings (SSSR count). The summed E-state index contributed by atoms with van der Waals surface area (Å²) < 4.78 is 0. The Morgan fingerprint density at radius 1 is 1.00 bits per heavy atom. The molecule has 0 aliphatic carbocycles. The number of carbonyl (C=O) groups is 3. The van der Waals surface area contributed by atoms with Crippen LogP contribution in [0.5, 0.6) is 0 Å². The maximum absolute atomic E-state index is 12.5. The van der Waals surface area contributed by atoms with E-state index in [1.807, 2.05) is 30.3 Å². The number of nitrogens with one attached hydrogen (secondary N) is 1. The van der Waals surface area contributed by atoms with Crippen molar-refractivity contribution in [3.63, 3.8) is 0 Å². The maximum atomic E-state index is 12.5. The van der Waals surface area contributed by atoms with Crippen LogP contribution in [0.3, 0.4) is 0 Å². The Balaban J connectivity index is 1.83. The van der Waals surface area contributed by atoms with Crippen molar-refractivity contribution in [1.29, 1.82) is 0 Å². The Morgan fingerprint density at radius 3 is 2.33 bits per heavy atom. The highest BCUT2D eigenvalue weighted by atomic mass is 35.5.